The molecule has 1 rings (SSSR count). The average molecular weight is 284 g/mol. The van der Waals surface area contributed by atoms with Crippen LogP contribution < -0.4 is 0 Å². The van der Waals surface area contributed by atoms with Crippen LogP contribution in [0.25, 0.3) is 0 Å². The fourth-order valence-corrected chi connectivity index (χ4v) is 2.32. The molecule has 1 aliphatic heterocycles. The van der Waals surface area contributed by atoms with Crippen molar-refractivity contribution in [1.82, 2.24) is 9.80 Å². The number of nitrogens with zero attached hydrogens (tertiary/aromatic N) is 2. The van der Waals surface area contributed by atoms with E-state index >= 15 is 0 Å². The van der Waals surface area contributed by atoms with Crippen molar-refractivity contribution in [2.24, 2.45) is 0 Å². The summed E-state index contributed by atoms with van der Waals surface area (Å²) in [5.74, 6) is 0. The lowest BCUT2D eigenvalue weighted by Crippen LogP contribution is -2.57. The van der Waals surface area contributed by atoms with Gasteiger partial charge in [-0.05, 0) is 20.8 Å². The third kappa shape index (κ3) is 5.64. The Balaban J connectivity index is 2.46. The van der Waals surface area contributed by atoms with Crippen molar-refractivity contribution in [3.8, 4) is 0 Å². The van der Waals surface area contributed by atoms with Crippen LogP contribution in [0.2, 0.25) is 0 Å². The molecule has 0 radical (unpaired) electrons. The number of β-amino-alcohol motifs (C(OH)–C–C–N with tert-alkyl or cyclic N) is 2. The molecule has 0 saturated carbocycles. The first-order valence-corrected chi connectivity index (χ1v) is 6.42. The number of rotatable bonds is 4. The van der Waals surface area contributed by atoms with Gasteiger partial charge in [-0.15, -0.1) is 0 Å². The first-order chi connectivity index (χ1) is 8.49. The van der Waals surface area contributed by atoms with E-state index in [0.29, 0.717) is 26.2 Å². The molecule has 0 aromatic heterocycles. The van der Waals surface area contributed by atoms with Crippen LogP contribution in [0.5, 0.6) is 0 Å². The Kier molecular flexibility index (Phi) is 5.22. The van der Waals surface area contributed by atoms with Crippen LogP contribution >= 0.6 is 0 Å². The first-order valence-electron chi connectivity index (χ1n) is 6.42. The molecule has 0 spiro atoms. The summed E-state index contributed by atoms with van der Waals surface area (Å²) < 4.78 is 36.8. The molecule has 1 heterocycles. The highest BCUT2D eigenvalue weighted by atomic mass is 19.4. The maximum Gasteiger partial charge on any atom is 0.415 e. The Bertz CT molecular complexity index is 292. The van der Waals surface area contributed by atoms with Gasteiger partial charge in [-0.3, -0.25) is 9.80 Å². The van der Waals surface area contributed by atoms with Crippen molar-refractivity contribution in [3.63, 3.8) is 0 Å². The third-order valence-electron chi connectivity index (χ3n) is 3.25. The topological polar surface area (TPSA) is 46.9 Å². The highest BCUT2D eigenvalue weighted by Crippen LogP contribution is 2.22. The van der Waals surface area contributed by atoms with E-state index in [1.165, 1.54) is 0 Å². The SMILES string of the molecule is CC1CN(CC(O)C(F)(F)F)CCN1CC(C)(C)O. The van der Waals surface area contributed by atoms with Gasteiger partial charge in [0, 0.05) is 38.8 Å². The molecule has 19 heavy (non-hydrogen) atoms. The summed E-state index contributed by atoms with van der Waals surface area (Å²) in [7, 11) is 0. The standard InChI is InChI=1S/C12H23F3N2O2/c1-9-6-16(7-10(18)12(13,14)15)4-5-17(9)8-11(2,3)19/h9-10,18-19H,4-8H2,1-3H3. The van der Waals surface area contributed by atoms with Gasteiger partial charge in [0.25, 0.3) is 0 Å². The normalized spacial score (nSPS) is 25.6. The summed E-state index contributed by atoms with van der Waals surface area (Å²) in [6.07, 6.45) is -6.85. The van der Waals surface area contributed by atoms with Gasteiger partial charge in [0.2, 0.25) is 0 Å². The van der Waals surface area contributed by atoms with Gasteiger partial charge < -0.3 is 10.2 Å². The van der Waals surface area contributed by atoms with Crippen LogP contribution in [0.1, 0.15) is 20.8 Å². The molecule has 2 unspecified atom stereocenters. The van der Waals surface area contributed by atoms with Crippen LogP contribution in [0.3, 0.4) is 0 Å². The number of halogens is 3. The Labute approximate surface area is 111 Å². The summed E-state index contributed by atoms with van der Waals surface area (Å²) in [4.78, 5) is 3.67. The molecule has 0 aromatic carbocycles. The Hall–Kier alpha value is -0.370. The van der Waals surface area contributed by atoms with Gasteiger partial charge in [-0.2, -0.15) is 13.2 Å². The minimum Gasteiger partial charge on any atom is -0.389 e. The summed E-state index contributed by atoms with van der Waals surface area (Å²) in [6, 6.07) is 0.0561. The van der Waals surface area contributed by atoms with Gasteiger partial charge >= 0.3 is 6.18 Å². The maximum atomic E-state index is 12.3. The molecule has 1 saturated heterocycles. The first kappa shape index (κ1) is 16.7. The van der Waals surface area contributed by atoms with Crippen LogP contribution in [0.15, 0.2) is 0 Å². The highest BCUT2D eigenvalue weighted by molar-refractivity contribution is 4.84. The lowest BCUT2D eigenvalue weighted by molar-refractivity contribution is -0.209. The van der Waals surface area contributed by atoms with Gasteiger partial charge in [0.15, 0.2) is 6.10 Å². The Morgan fingerprint density at radius 1 is 1.26 bits per heavy atom. The fourth-order valence-electron chi connectivity index (χ4n) is 2.32. The van der Waals surface area contributed by atoms with E-state index in [1.54, 1.807) is 18.7 Å². The Morgan fingerprint density at radius 3 is 2.26 bits per heavy atom. The van der Waals surface area contributed by atoms with Crippen LogP contribution in [0, 0.1) is 0 Å². The predicted octanol–water partition coefficient (Wildman–Crippen LogP) is 0.687. The van der Waals surface area contributed by atoms with Crippen LogP contribution in [-0.2, 0) is 0 Å². The van der Waals surface area contributed by atoms with E-state index in [-0.39, 0.29) is 12.6 Å². The van der Waals surface area contributed by atoms with E-state index in [2.05, 4.69) is 4.90 Å². The van der Waals surface area contributed by atoms with E-state index in [4.69, 9.17) is 5.11 Å². The minimum absolute atomic E-state index is 0.0561. The zero-order valence-electron chi connectivity index (χ0n) is 11.6. The molecule has 2 atom stereocenters. The lowest BCUT2D eigenvalue weighted by Gasteiger charge is -2.42. The summed E-state index contributed by atoms with van der Waals surface area (Å²) in [5, 5.41) is 18.8. The number of aliphatic hydroxyl groups is 2. The maximum absolute atomic E-state index is 12.3. The number of aliphatic hydroxyl groups excluding tert-OH is 1. The second-order valence-corrected chi connectivity index (χ2v) is 5.95. The van der Waals surface area contributed by atoms with Gasteiger partial charge in [0.05, 0.1) is 5.60 Å². The lowest BCUT2D eigenvalue weighted by atomic mass is 10.1. The van der Waals surface area contributed by atoms with Crippen molar-refractivity contribution in [3.05, 3.63) is 0 Å². The predicted molar refractivity (Wildman–Crippen MR) is 65.8 cm³/mol. The number of piperazine rings is 1. The molecule has 0 amide bonds. The van der Waals surface area contributed by atoms with Gasteiger partial charge in [-0.1, -0.05) is 0 Å². The fraction of sp³-hybridized carbons (Fsp3) is 1.00. The van der Waals surface area contributed by atoms with E-state index in [0.717, 1.165) is 0 Å². The third-order valence-corrected chi connectivity index (χ3v) is 3.25. The van der Waals surface area contributed by atoms with Gasteiger partial charge in [0.1, 0.15) is 0 Å². The monoisotopic (exact) mass is 284 g/mol. The minimum atomic E-state index is -4.56. The van der Waals surface area contributed by atoms with Crippen molar-refractivity contribution in [1.29, 1.82) is 0 Å². The summed E-state index contributed by atoms with van der Waals surface area (Å²) in [6.45, 7) is 6.96. The number of alkyl halides is 3. The largest absolute Gasteiger partial charge is 0.415 e. The van der Waals surface area contributed by atoms with Crippen LogP contribution in [0.4, 0.5) is 13.2 Å². The molecule has 0 aliphatic carbocycles. The number of hydrogen-bond acceptors (Lipinski definition) is 4. The second kappa shape index (κ2) is 5.95. The molecule has 2 N–H and O–H groups in total. The quantitative estimate of drug-likeness (QED) is 0.797. The molecule has 1 fully saturated rings. The van der Waals surface area contributed by atoms with E-state index in [1.807, 2.05) is 6.92 Å². The summed E-state index contributed by atoms with van der Waals surface area (Å²) >= 11 is 0. The summed E-state index contributed by atoms with van der Waals surface area (Å²) in [5.41, 5.74) is -0.818. The molecule has 0 bridgehead atoms. The molecular formula is C12H23F3N2O2. The smallest absolute Gasteiger partial charge is 0.389 e. The van der Waals surface area contributed by atoms with Crippen molar-refractivity contribution in [2.45, 2.75) is 44.7 Å². The molecule has 4 nitrogen and oxygen atoms in total. The second-order valence-electron chi connectivity index (χ2n) is 5.95. The molecule has 7 heteroatoms. The zero-order chi connectivity index (χ0) is 14.8. The van der Waals surface area contributed by atoms with E-state index in [9.17, 15) is 18.3 Å². The average Bonchev–Trinajstić information content (AvgIpc) is 2.19. The van der Waals surface area contributed by atoms with Crippen molar-refractivity contribution < 1.29 is 23.4 Å². The molecule has 1 aliphatic rings. The molecule has 0 aromatic rings. The van der Waals surface area contributed by atoms with E-state index < -0.39 is 17.9 Å². The highest BCUT2D eigenvalue weighted by Gasteiger charge is 2.40. The van der Waals surface area contributed by atoms with Crippen molar-refractivity contribution >= 4 is 0 Å². The molecular weight excluding hydrogens is 261 g/mol. The number of hydrogen-bond donors (Lipinski definition) is 2. The van der Waals surface area contributed by atoms with Crippen LogP contribution in [-0.4, -0.2) is 76.7 Å². The Morgan fingerprint density at radius 2 is 1.84 bits per heavy atom. The van der Waals surface area contributed by atoms with Crippen molar-refractivity contribution in [2.75, 3.05) is 32.7 Å². The van der Waals surface area contributed by atoms with Gasteiger partial charge in [-0.25, -0.2) is 0 Å². The zero-order valence-corrected chi connectivity index (χ0v) is 11.6. The molecule has 114 valence electrons.